The molecule has 0 amide bonds. The highest BCUT2D eigenvalue weighted by atomic mass is 35.5. The minimum atomic E-state index is 0. The molecular formula is C20H27Cl2NO2. The van der Waals surface area contributed by atoms with Gasteiger partial charge < -0.3 is 14.8 Å². The zero-order valence-corrected chi connectivity index (χ0v) is 16.8. The van der Waals surface area contributed by atoms with E-state index in [1.54, 1.807) is 7.11 Å². The van der Waals surface area contributed by atoms with Crippen LogP contribution in [0.1, 0.15) is 38.3 Å². The lowest BCUT2D eigenvalue weighted by Gasteiger charge is -2.24. The molecule has 0 fully saturated rings. The molecule has 138 valence electrons. The van der Waals surface area contributed by atoms with Gasteiger partial charge in [0.25, 0.3) is 0 Å². The Morgan fingerprint density at radius 2 is 1.80 bits per heavy atom. The van der Waals surface area contributed by atoms with Gasteiger partial charge in [-0.05, 0) is 44.0 Å². The summed E-state index contributed by atoms with van der Waals surface area (Å²) in [6, 6.07) is 13.7. The molecule has 0 aromatic heterocycles. The minimum Gasteiger partial charge on any atom is -0.493 e. The van der Waals surface area contributed by atoms with Crippen LogP contribution in [-0.4, -0.2) is 12.6 Å². The van der Waals surface area contributed by atoms with Crippen molar-refractivity contribution < 1.29 is 9.47 Å². The van der Waals surface area contributed by atoms with E-state index in [4.69, 9.17) is 21.1 Å². The third-order valence-electron chi connectivity index (χ3n) is 4.22. The van der Waals surface area contributed by atoms with Crippen LogP contribution in [0.2, 0.25) is 5.02 Å². The number of ether oxygens (including phenoxy) is 2. The molecule has 2 aromatic rings. The van der Waals surface area contributed by atoms with Gasteiger partial charge >= 0.3 is 0 Å². The highest BCUT2D eigenvalue weighted by Gasteiger charge is 2.14. The fourth-order valence-electron chi connectivity index (χ4n) is 2.18. The maximum Gasteiger partial charge on any atom is 0.161 e. The van der Waals surface area contributed by atoms with Crippen LogP contribution in [0.15, 0.2) is 42.5 Å². The number of hydrogen-bond acceptors (Lipinski definition) is 3. The molecule has 2 rings (SSSR count). The summed E-state index contributed by atoms with van der Waals surface area (Å²) < 4.78 is 11.4. The van der Waals surface area contributed by atoms with E-state index in [0.29, 0.717) is 11.6 Å². The Morgan fingerprint density at radius 3 is 2.44 bits per heavy atom. The minimum absolute atomic E-state index is 0. The molecule has 5 heteroatoms. The first-order chi connectivity index (χ1) is 11.4. The van der Waals surface area contributed by atoms with E-state index in [-0.39, 0.29) is 17.9 Å². The van der Waals surface area contributed by atoms with Gasteiger partial charge in [-0.1, -0.05) is 42.8 Å². The molecule has 0 saturated heterocycles. The highest BCUT2D eigenvalue weighted by Crippen LogP contribution is 2.29. The fourth-order valence-corrected chi connectivity index (χ4v) is 2.37. The summed E-state index contributed by atoms with van der Waals surface area (Å²) in [7, 11) is 1.66. The quantitative estimate of drug-likeness (QED) is 0.640. The molecule has 2 aromatic carbocycles. The van der Waals surface area contributed by atoms with E-state index in [0.717, 1.165) is 30.0 Å². The van der Waals surface area contributed by atoms with Crippen molar-refractivity contribution in [2.75, 3.05) is 7.11 Å². The topological polar surface area (TPSA) is 30.5 Å². The summed E-state index contributed by atoms with van der Waals surface area (Å²) in [5.74, 6) is 1.45. The Labute approximate surface area is 162 Å². The van der Waals surface area contributed by atoms with Gasteiger partial charge in [0.15, 0.2) is 11.5 Å². The normalized spacial score (nSPS) is 10.9. The van der Waals surface area contributed by atoms with Crippen LogP contribution >= 0.6 is 24.0 Å². The number of halogens is 2. The third kappa shape index (κ3) is 6.43. The van der Waals surface area contributed by atoms with E-state index in [2.05, 4.69) is 32.2 Å². The second kappa shape index (κ2) is 9.91. The summed E-state index contributed by atoms with van der Waals surface area (Å²) in [4.78, 5) is 0. The Morgan fingerprint density at radius 1 is 1.08 bits per heavy atom. The van der Waals surface area contributed by atoms with Gasteiger partial charge in [0, 0.05) is 22.7 Å². The summed E-state index contributed by atoms with van der Waals surface area (Å²) in [5, 5.41) is 4.25. The molecule has 0 bridgehead atoms. The zero-order valence-electron chi connectivity index (χ0n) is 15.3. The molecule has 0 heterocycles. The van der Waals surface area contributed by atoms with E-state index in [1.807, 2.05) is 36.4 Å². The van der Waals surface area contributed by atoms with Crippen molar-refractivity contribution in [2.45, 2.75) is 45.9 Å². The molecule has 25 heavy (non-hydrogen) atoms. The Hall–Kier alpha value is -1.42. The Balaban J connectivity index is 0.00000312. The summed E-state index contributed by atoms with van der Waals surface area (Å²) in [6.45, 7) is 7.79. The molecule has 3 nitrogen and oxygen atoms in total. The second-order valence-corrected chi connectivity index (χ2v) is 6.86. The molecule has 0 saturated carbocycles. The van der Waals surface area contributed by atoms with E-state index in [9.17, 15) is 0 Å². The third-order valence-corrected chi connectivity index (χ3v) is 4.59. The Kier molecular flexibility index (Phi) is 8.57. The van der Waals surface area contributed by atoms with Gasteiger partial charge in [-0.2, -0.15) is 0 Å². The van der Waals surface area contributed by atoms with Crippen LogP contribution in [0.3, 0.4) is 0 Å². The average molecular weight is 384 g/mol. The number of hydrogen-bond donors (Lipinski definition) is 1. The maximum atomic E-state index is 6.17. The van der Waals surface area contributed by atoms with Gasteiger partial charge in [0.2, 0.25) is 0 Å². The van der Waals surface area contributed by atoms with Crippen molar-refractivity contribution in [3.8, 4) is 11.5 Å². The smallest absolute Gasteiger partial charge is 0.161 e. The fraction of sp³-hybridized carbons (Fsp3) is 0.400. The van der Waals surface area contributed by atoms with Crippen LogP contribution in [-0.2, 0) is 13.2 Å². The predicted octanol–water partition coefficient (Wildman–Crippen LogP) is 5.63. The van der Waals surface area contributed by atoms with Crippen molar-refractivity contribution in [1.82, 2.24) is 5.32 Å². The van der Waals surface area contributed by atoms with Crippen LogP contribution in [0.5, 0.6) is 11.5 Å². The van der Waals surface area contributed by atoms with Crippen LogP contribution < -0.4 is 14.8 Å². The summed E-state index contributed by atoms with van der Waals surface area (Å²) in [5.41, 5.74) is 2.24. The van der Waals surface area contributed by atoms with Gasteiger partial charge in [-0.25, -0.2) is 0 Å². The Bertz CT molecular complexity index is 674. The lowest BCUT2D eigenvalue weighted by molar-refractivity contribution is 0.284. The summed E-state index contributed by atoms with van der Waals surface area (Å²) >= 11 is 6.17. The maximum absolute atomic E-state index is 6.17. The number of methoxy groups -OCH3 is 1. The SMILES string of the molecule is CCC(C)(C)NCc1ccc(OCc2ccccc2Cl)c(OC)c1.Cl. The molecule has 0 spiro atoms. The van der Waals surface area contributed by atoms with Crippen LogP contribution in [0, 0.1) is 0 Å². The lowest BCUT2D eigenvalue weighted by Crippen LogP contribution is -2.37. The standard InChI is InChI=1S/C20H26ClNO2.ClH/c1-5-20(2,3)22-13-15-10-11-18(19(12-15)23-4)24-14-16-8-6-7-9-17(16)21;/h6-12,22H,5,13-14H2,1-4H3;1H. The van der Waals surface area contributed by atoms with Gasteiger partial charge in [-0.3, -0.25) is 0 Å². The van der Waals surface area contributed by atoms with E-state index < -0.39 is 0 Å². The van der Waals surface area contributed by atoms with Crippen LogP contribution in [0.25, 0.3) is 0 Å². The first-order valence-corrected chi connectivity index (χ1v) is 8.61. The van der Waals surface area contributed by atoms with E-state index in [1.165, 1.54) is 5.56 Å². The van der Waals surface area contributed by atoms with E-state index >= 15 is 0 Å². The van der Waals surface area contributed by atoms with Crippen molar-refractivity contribution in [3.05, 3.63) is 58.6 Å². The summed E-state index contributed by atoms with van der Waals surface area (Å²) in [6.07, 6.45) is 1.07. The molecule has 0 aliphatic rings. The lowest BCUT2D eigenvalue weighted by atomic mass is 10.0. The monoisotopic (exact) mass is 383 g/mol. The van der Waals surface area contributed by atoms with Crippen molar-refractivity contribution in [1.29, 1.82) is 0 Å². The molecule has 0 aliphatic carbocycles. The molecule has 0 radical (unpaired) electrons. The predicted molar refractivity (Wildman–Crippen MR) is 107 cm³/mol. The van der Waals surface area contributed by atoms with Gasteiger partial charge in [0.1, 0.15) is 6.61 Å². The molecular weight excluding hydrogens is 357 g/mol. The van der Waals surface area contributed by atoms with Gasteiger partial charge in [-0.15, -0.1) is 12.4 Å². The highest BCUT2D eigenvalue weighted by molar-refractivity contribution is 6.31. The largest absolute Gasteiger partial charge is 0.493 e. The number of benzene rings is 2. The van der Waals surface area contributed by atoms with Crippen molar-refractivity contribution in [2.24, 2.45) is 0 Å². The first kappa shape index (κ1) is 21.6. The molecule has 0 unspecified atom stereocenters. The zero-order chi connectivity index (χ0) is 17.6. The van der Waals surface area contributed by atoms with Crippen LogP contribution in [0.4, 0.5) is 0 Å². The van der Waals surface area contributed by atoms with Gasteiger partial charge in [0.05, 0.1) is 7.11 Å². The van der Waals surface area contributed by atoms with Crippen molar-refractivity contribution in [3.63, 3.8) is 0 Å². The first-order valence-electron chi connectivity index (χ1n) is 8.23. The molecule has 1 N–H and O–H groups in total. The molecule has 0 aliphatic heterocycles. The van der Waals surface area contributed by atoms with Crippen molar-refractivity contribution >= 4 is 24.0 Å². The number of nitrogens with one attached hydrogen (secondary N) is 1. The number of rotatable bonds is 8. The molecule has 0 atom stereocenters. The second-order valence-electron chi connectivity index (χ2n) is 6.46. The average Bonchev–Trinajstić information content (AvgIpc) is 2.59.